The van der Waals surface area contributed by atoms with Gasteiger partial charge in [0.2, 0.25) is 5.91 Å². The fourth-order valence-electron chi connectivity index (χ4n) is 3.88. The van der Waals surface area contributed by atoms with Gasteiger partial charge in [-0.25, -0.2) is 9.97 Å². The number of nitrogens with zero attached hydrogens (tertiary/aromatic N) is 4. The summed E-state index contributed by atoms with van der Waals surface area (Å²) in [4.78, 5) is 27.4. The first-order chi connectivity index (χ1) is 11.7. The number of carbonyl (C=O) groups is 1. The summed E-state index contributed by atoms with van der Waals surface area (Å²) in [7, 11) is 1.68. The maximum atomic E-state index is 12.8. The smallest absolute Gasteiger partial charge is 0.227 e. The number of fused-ring (bicyclic) bond motifs is 5. The molecule has 3 fully saturated rings. The van der Waals surface area contributed by atoms with Crippen LogP contribution in [-0.2, 0) is 9.53 Å². The van der Waals surface area contributed by atoms with E-state index in [-0.39, 0.29) is 17.9 Å². The van der Waals surface area contributed by atoms with Crippen LogP contribution in [0.15, 0.2) is 11.4 Å². The van der Waals surface area contributed by atoms with Crippen molar-refractivity contribution >= 4 is 33.3 Å². The van der Waals surface area contributed by atoms with Crippen LogP contribution in [0.2, 0.25) is 0 Å². The van der Waals surface area contributed by atoms with Crippen molar-refractivity contribution in [2.24, 2.45) is 5.92 Å². The van der Waals surface area contributed by atoms with Crippen LogP contribution in [0.4, 0.5) is 5.82 Å². The third-order valence-corrected chi connectivity index (χ3v) is 5.85. The van der Waals surface area contributed by atoms with Gasteiger partial charge in [-0.3, -0.25) is 4.79 Å². The van der Waals surface area contributed by atoms with E-state index >= 15 is 0 Å². The van der Waals surface area contributed by atoms with Crippen molar-refractivity contribution in [1.29, 1.82) is 0 Å². The van der Waals surface area contributed by atoms with E-state index in [2.05, 4.69) is 21.3 Å². The van der Waals surface area contributed by atoms with Crippen LogP contribution in [0.25, 0.3) is 10.2 Å². The molecule has 0 radical (unpaired) electrons. The van der Waals surface area contributed by atoms with Gasteiger partial charge in [0, 0.05) is 32.8 Å². The Morgan fingerprint density at radius 1 is 1.33 bits per heavy atom. The molecule has 0 aromatic carbocycles. The highest BCUT2D eigenvalue weighted by atomic mass is 32.1. The summed E-state index contributed by atoms with van der Waals surface area (Å²) in [5.41, 5.74) is 0. The summed E-state index contributed by atoms with van der Waals surface area (Å²) < 4.78 is 5.19. The number of methoxy groups -OCH3 is 1. The molecule has 6 nitrogen and oxygen atoms in total. The lowest BCUT2D eigenvalue weighted by atomic mass is 9.94. The molecule has 0 spiro atoms. The van der Waals surface area contributed by atoms with Gasteiger partial charge in [-0.05, 0) is 31.2 Å². The van der Waals surface area contributed by atoms with E-state index in [1.54, 1.807) is 18.4 Å². The van der Waals surface area contributed by atoms with E-state index in [4.69, 9.17) is 9.72 Å². The first kappa shape index (κ1) is 15.8. The van der Waals surface area contributed by atoms with Gasteiger partial charge in [-0.2, -0.15) is 0 Å². The minimum Gasteiger partial charge on any atom is -0.383 e. The second-order valence-corrected chi connectivity index (χ2v) is 7.49. The Kier molecular flexibility index (Phi) is 4.14. The summed E-state index contributed by atoms with van der Waals surface area (Å²) in [6.45, 7) is 4.80. The fraction of sp³-hybridized carbons (Fsp3) is 0.588. The molecule has 5 heterocycles. The van der Waals surface area contributed by atoms with Crippen molar-refractivity contribution in [3.8, 4) is 0 Å². The topological polar surface area (TPSA) is 58.6 Å². The highest BCUT2D eigenvalue weighted by Crippen LogP contribution is 2.34. The summed E-state index contributed by atoms with van der Waals surface area (Å²) in [6, 6.07) is 2.34. The Morgan fingerprint density at radius 2 is 2.21 bits per heavy atom. The number of amides is 1. The number of piperidine rings is 1. The Bertz CT molecular complexity index is 762. The van der Waals surface area contributed by atoms with E-state index in [0.717, 1.165) is 47.8 Å². The van der Waals surface area contributed by atoms with Crippen molar-refractivity contribution < 1.29 is 9.53 Å². The molecule has 2 atom stereocenters. The highest BCUT2D eigenvalue weighted by Gasteiger charge is 2.41. The largest absolute Gasteiger partial charge is 0.383 e. The fourth-order valence-corrected chi connectivity index (χ4v) is 4.69. The lowest BCUT2D eigenvalue weighted by Crippen LogP contribution is -2.49. The average Bonchev–Trinajstić information content (AvgIpc) is 2.86. The predicted molar refractivity (Wildman–Crippen MR) is 94.5 cm³/mol. The third kappa shape index (κ3) is 2.65. The average molecular weight is 346 g/mol. The van der Waals surface area contributed by atoms with Gasteiger partial charge >= 0.3 is 0 Å². The third-order valence-electron chi connectivity index (χ3n) is 5.05. The standard InChI is InChI=1S/C17H22N4O2S/c1-11-18-15(14-5-8-24-16(14)19-11)20-9-12-3-4-13(10-20)21(17(12)22)6-7-23-2/h5,8,12-13H,3-4,6-7,9-10H2,1-2H3. The quantitative estimate of drug-likeness (QED) is 0.848. The molecule has 7 heteroatoms. The molecule has 24 heavy (non-hydrogen) atoms. The van der Waals surface area contributed by atoms with Crippen LogP contribution < -0.4 is 4.90 Å². The maximum Gasteiger partial charge on any atom is 0.227 e. The molecule has 2 bridgehead atoms. The summed E-state index contributed by atoms with van der Waals surface area (Å²) in [6.07, 6.45) is 2.04. The molecule has 0 N–H and O–H groups in total. The second kappa shape index (κ2) is 6.29. The van der Waals surface area contributed by atoms with Crippen LogP contribution in [0.5, 0.6) is 0 Å². The molecule has 1 amide bonds. The monoisotopic (exact) mass is 346 g/mol. The Morgan fingerprint density at radius 3 is 3.04 bits per heavy atom. The number of ether oxygens (including phenoxy) is 1. The van der Waals surface area contributed by atoms with Crippen molar-refractivity contribution in [1.82, 2.24) is 14.9 Å². The number of aromatic nitrogens is 2. The normalized spacial score (nSPS) is 24.0. The molecule has 2 aromatic rings. The first-order valence-corrected chi connectivity index (χ1v) is 9.31. The molecule has 5 rings (SSSR count). The van der Waals surface area contributed by atoms with E-state index in [9.17, 15) is 4.79 Å². The van der Waals surface area contributed by atoms with Gasteiger partial charge in [0.1, 0.15) is 16.5 Å². The summed E-state index contributed by atoms with van der Waals surface area (Å²) >= 11 is 1.64. The molecule has 0 aliphatic carbocycles. The van der Waals surface area contributed by atoms with Gasteiger partial charge in [-0.1, -0.05) is 0 Å². The zero-order valence-corrected chi connectivity index (χ0v) is 14.9. The van der Waals surface area contributed by atoms with E-state index < -0.39 is 0 Å². The number of thiophene rings is 1. The summed E-state index contributed by atoms with van der Waals surface area (Å²) in [5.74, 6) is 2.11. The molecule has 2 aromatic heterocycles. The van der Waals surface area contributed by atoms with Gasteiger partial charge < -0.3 is 14.5 Å². The number of aryl methyl sites for hydroxylation is 1. The van der Waals surface area contributed by atoms with Crippen LogP contribution in [0, 0.1) is 12.8 Å². The number of hydrogen-bond donors (Lipinski definition) is 0. The molecular weight excluding hydrogens is 324 g/mol. The minimum absolute atomic E-state index is 0.0598. The number of hydrogen-bond acceptors (Lipinski definition) is 6. The molecule has 3 aliphatic rings. The number of rotatable bonds is 4. The second-order valence-electron chi connectivity index (χ2n) is 6.59. The molecule has 3 aliphatic heterocycles. The van der Waals surface area contributed by atoms with Crippen molar-refractivity contribution in [2.75, 3.05) is 38.3 Å². The Balaban J connectivity index is 1.68. The molecule has 0 saturated carbocycles. The first-order valence-electron chi connectivity index (χ1n) is 8.43. The van der Waals surface area contributed by atoms with E-state index in [1.165, 1.54) is 0 Å². The van der Waals surface area contributed by atoms with Crippen molar-refractivity contribution in [3.63, 3.8) is 0 Å². The van der Waals surface area contributed by atoms with Gasteiger partial charge in [0.15, 0.2) is 0 Å². The van der Waals surface area contributed by atoms with Gasteiger partial charge in [0.05, 0.1) is 17.9 Å². The highest BCUT2D eigenvalue weighted by molar-refractivity contribution is 7.16. The number of anilines is 1. The zero-order chi connectivity index (χ0) is 16.7. The zero-order valence-electron chi connectivity index (χ0n) is 14.1. The van der Waals surface area contributed by atoms with E-state index in [0.29, 0.717) is 13.2 Å². The molecule has 3 saturated heterocycles. The predicted octanol–water partition coefficient (Wildman–Crippen LogP) is 2.07. The number of carbonyl (C=O) groups excluding carboxylic acids is 1. The minimum atomic E-state index is 0.0598. The lowest BCUT2D eigenvalue weighted by molar-refractivity contribution is -0.140. The van der Waals surface area contributed by atoms with Crippen LogP contribution >= 0.6 is 11.3 Å². The van der Waals surface area contributed by atoms with Crippen LogP contribution in [-0.4, -0.2) is 60.2 Å². The van der Waals surface area contributed by atoms with Gasteiger partial charge in [-0.15, -0.1) is 11.3 Å². The maximum absolute atomic E-state index is 12.8. The van der Waals surface area contributed by atoms with Crippen LogP contribution in [0.3, 0.4) is 0 Å². The van der Waals surface area contributed by atoms with Gasteiger partial charge in [0.25, 0.3) is 0 Å². The molecule has 128 valence electrons. The Hall–Kier alpha value is -1.73. The van der Waals surface area contributed by atoms with Crippen molar-refractivity contribution in [2.45, 2.75) is 25.8 Å². The molecule has 2 unspecified atom stereocenters. The van der Waals surface area contributed by atoms with E-state index in [1.807, 2.05) is 11.8 Å². The Labute approximate surface area is 145 Å². The summed E-state index contributed by atoms with van der Waals surface area (Å²) in [5, 5.41) is 3.16. The van der Waals surface area contributed by atoms with Crippen molar-refractivity contribution in [3.05, 3.63) is 17.3 Å². The lowest BCUT2D eigenvalue weighted by Gasteiger charge is -2.35. The SMILES string of the molecule is COCCN1C(=O)C2CCC1CN(c1nc(C)nc3sccc13)C2. The van der Waals surface area contributed by atoms with Crippen LogP contribution in [0.1, 0.15) is 18.7 Å². The molecular formula is C17H22N4O2S.